The van der Waals surface area contributed by atoms with Crippen LogP contribution >= 0.6 is 0 Å². The second kappa shape index (κ2) is 9.16. The maximum atomic E-state index is 13.3. The lowest BCUT2D eigenvalue weighted by Crippen LogP contribution is -2.51. The van der Waals surface area contributed by atoms with Gasteiger partial charge in [0.15, 0.2) is 0 Å². The number of aliphatic hydroxyl groups is 1. The minimum Gasteiger partial charge on any atom is -0.432 e. The predicted molar refractivity (Wildman–Crippen MR) is 121 cm³/mol. The summed E-state index contributed by atoms with van der Waals surface area (Å²) in [6, 6.07) is 14.3. The minimum absolute atomic E-state index is 0.0181. The maximum absolute atomic E-state index is 13.3. The molecule has 3 rings (SSSR count). The molecule has 7 heteroatoms. The molecule has 0 aliphatic carbocycles. The molecule has 0 aromatic heterocycles. The third kappa shape index (κ3) is 6.26. The van der Waals surface area contributed by atoms with Crippen molar-refractivity contribution >= 4 is 11.6 Å². The van der Waals surface area contributed by atoms with E-state index in [-0.39, 0.29) is 24.0 Å². The Hall–Kier alpha value is -2.51. The van der Waals surface area contributed by atoms with Gasteiger partial charge in [0.25, 0.3) is 5.91 Å². The van der Waals surface area contributed by atoms with Gasteiger partial charge in [0.1, 0.15) is 11.4 Å². The molecule has 1 aliphatic rings. The number of anilines is 1. The molecule has 1 heterocycles. The smallest absolute Gasteiger partial charge is 0.394 e. The molecule has 0 radical (unpaired) electrons. The SMILES string of the molecule is CC(F)(F)Oc1ccccc1CN1CCC(O)(C(=O)Nc2ccc(C(C)(C)C)cc2)CC1. The van der Waals surface area contributed by atoms with E-state index >= 15 is 0 Å². The summed E-state index contributed by atoms with van der Waals surface area (Å²) in [5.74, 6) is -0.285. The summed E-state index contributed by atoms with van der Waals surface area (Å²) in [5, 5.41) is 13.7. The first-order valence-electron chi connectivity index (χ1n) is 10.9. The summed E-state index contributed by atoms with van der Waals surface area (Å²) in [6.07, 6.45) is -2.75. The standard InChI is InChI=1S/C25H32F2N2O3/c1-23(2,3)19-9-11-20(12-10-19)28-22(30)25(31)13-15-29(16-14-25)17-18-7-5-6-8-21(18)32-24(4,26)27/h5-12,31H,13-17H2,1-4H3,(H,28,30). The molecule has 32 heavy (non-hydrogen) atoms. The van der Waals surface area contributed by atoms with E-state index in [2.05, 4.69) is 26.1 Å². The molecule has 1 saturated heterocycles. The van der Waals surface area contributed by atoms with E-state index in [0.29, 0.717) is 37.8 Å². The lowest BCUT2D eigenvalue weighted by molar-refractivity contribution is -0.159. The average Bonchev–Trinajstić information content (AvgIpc) is 2.70. The van der Waals surface area contributed by atoms with Crippen LogP contribution in [0.5, 0.6) is 5.75 Å². The zero-order valence-electron chi connectivity index (χ0n) is 19.1. The third-order valence-electron chi connectivity index (χ3n) is 5.77. The molecule has 2 aromatic carbocycles. The third-order valence-corrected chi connectivity index (χ3v) is 5.77. The number of nitrogens with one attached hydrogen (secondary N) is 1. The van der Waals surface area contributed by atoms with Crippen molar-refractivity contribution < 1.29 is 23.4 Å². The zero-order chi connectivity index (χ0) is 23.6. The average molecular weight is 447 g/mol. The normalized spacial score (nSPS) is 17.1. The number of amides is 1. The van der Waals surface area contributed by atoms with Gasteiger partial charge >= 0.3 is 6.11 Å². The fraction of sp³-hybridized carbons (Fsp3) is 0.480. The molecule has 1 fully saturated rings. The number of carbonyl (C=O) groups excluding carboxylic acids is 1. The molecule has 0 unspecified atom stereocenters. The number of hydrogen-bond acceptors (Lipinski definition) is 4. The second-order valence-corrected chi connectivity index (χ2v) is 9.61. The van der Waals surface area contributed by atoms with Crippen LogP contribution in [0, 0.1) is 0 Å². The van der Waals surface area contributed by atoms with Crippen molar-refractivity contribution in [3.63, 3.8) is 0 Å². The van der Waals surface area contributed by atoms with Crippen molar-refractivity contribution in [2.24, 2.45) is 0 Å². The number of benzene rings is 2. The largest absolute Gasteiger partial charge is 0.432 e. The molecular weight excluding hydrogens is 414 g/mol. The molecule has 2 N–H and O–H groups in total. The van der Waals surface area contributed by atoms with Crippen molar-refractivity contribution in [3.05, 3.63) is 59.7 Å². The summed E-state index contributed by atoms with van der Waals surface area (Å²) >= 11 is 0. The van der Waals surface area contributed by atoms with Crippen LogP contribution in [0.15, 0.2) is 48.5 Å². The van der Waals surface area contributed by atoms with E-state index in [4.69, 9.17) is 4.74 Å². The molecule has 0 spiro atoms. The van der Waals surface area contributed by atoms with E-state index in [9.17, 15) is 18.7 Å². The van der Waals surface area contributed by atoms with Gasteiger partial charge in [-0.1, -0.05) is 51.1 Å². The number of para-hydroxylation sites is 1. The summed E-state index contributed by atoms with van der Waals surface area (Å²) < 4.78 is 31.4. The Morgan fingerprint density at radius 1 is 1.06 bits per heavy atom. The van der Waals surface area contributed by atoms with Gasteiger partial charge in [0.2, 0.25) is 0 Å². The second-order valence-electron chi connectivity index (χ2n) is 9.61. The van der Waals surface area contributed by atoms with E-state index in [1.807, 2.05) is 29.2 Å². The Balaban J connectivity index is 1.58. The zero-order valence-corrected chi connectivity index (χ0v) is 19.1. The Labute approximate surface area is 188 Å². The molecular formula is C25H32F2N2O3. The first-order valence-corrected chi connectivity index (χ1v) is 10.9. The van der Waals surface area contributed by atoms with E-state index in [1.54, 1.807) is 18.2 Å². The number of alkyl halides is 2. The van der Waals surface area contributed by atoms with Crippen LogP contribution in [-0.4, -0.2) is 40.7 Å². The van der Waals surface area contributed by atoms with Crippen LogP contribution < -0.4 is 10.1 Å². The first-order chi connectivity index (χ1) is 14.9. The highest BCUT2D eigenvalue weighted by atomic mass is 19.3. The van der Waals surface area contributed by atoms with Crippen molar-refractivity contribution in [2.75, 3.05) is 18.4 Å². The maximum Gasteiger partial charge on any atom is 0.394 e. The van der Waals surface area contributed by atoms with Crippen LogP contribution in [-0.2, 0) is 16.8 Å². The van der Waals surface area contributed by atoms with Crippen LogP contribution in [0.1, 0.15) is 51.7 Å². The number of hydrogen-bond donors (Lipinski definition) is 2. The van der Waals surface area contributed by atoms with Crippen molar-refractivity contribution in [1.29, 1.82) is 0 Å². The van der Waals surface area contributed by atoms with Gasteiger partial charge in [-0.15, -0.1) is 0 Å². The number of ether oxygens (including phenoxy) is 1. The van der Waals surface area contributed by atoms with Crippen LogP contribution in [0.3, 0.4) is 0 Å². The monoisotopic (exact) mass is 446 g/mol. The van der Waals surface area contributed by atoms with Gasteiger partial charge in [-0.2, -0.15) is 8.78 Å². The Bertz CT molecular complexity index is 925. The van der Waals surface area contributed by atoms with Gasteiger partial charge in [0.05, 0.1) is 0 Å². The Morgan fingerprint density at radius 3 is 2.22 bits per heavy atom. The number of halogens is 2. The van der Waals surface area contributed by atoms with Gasteiger partial charge in [0, 0.05) is 37.8 Å². The summed E-state index contributed by atoms with van der Waals surface area (Å²) in [5.41, 5.74) is 0.997. The molecule has 174 valence electrons. The van der Waals surface area contributed by atoms with Crippen molar-refractivity contribution in [1.82, 2.24) is 4.90 Å². The quantitative estimate of drug-likeness (QED) is 0.660. The lowest BCUT2D eigenvalue weighted by Gasteiger charge is -2.37. The van der Waals surface area contributed by atoms with E-state index < -0.39 is 17.6 Å². The first kappa shape index (κ1) is 24.1. The molecule has 5 nitrogen and oxygen atoms in total. The molecule has 1 aliphatic heterocycles. The summed E-state index contributed by atoms with van der Waals surface area (Å²) in [6.45, 7) is 8.39. The Kier molecular flexibility index (Phi) is 6.91. The van der Waals surface area contributed by atoms with E-state index in [1.165, 1.54) is 6.07 Å². The van der Waals surface area contributed by atoms with Gasteiger partial charge in [-0.05, 0) is 42.0 Å². The van der Waals surface area contributed by atoms with Crippen molar-refractivity contribution in [2.45, 2.75) is 64.2 Å². The fourth-order valence-corrected chi connectivity index (χ4v) is 3.78. The van der Waals surface area contributed by atoms with Gasteiger partial charge in [-0.3, -0.25) is 9.69 Å². The highest BCUT2D eigenvalue weighted by Gasteiger charge is 2.39. The molecule has 0 saturated carbocycles. The molecule has 2 aromatic rings. The highest BCUT2D eigenvalue weighted by molar-refractivity contribution is 5.97. The topological polar surface area (TPSA) is 61.8 Å². The summed E-state index contributed by atoms with van der Waals surface area (Å²) in [7, 11) is 0. The fourth-order valence-electron chi connectivity index (χ4n) is 3.78. The van der Waals surface area contributed by atoms with Gasteiger partial charge in [-0.25, -0.2) is 0 Å². The van der Waals surface area contributed by atoms with Crippen LogP contribution in [0.4, 0.5) is 14.5 Å². The predicted octanol–water partition coefficient (Wildman–Crippen LogP) is 4.94. The van der Waals surface area contributed by atoms with E-state index in [0.717, 1.165) is 5.56 Å². The number of carbonyl (C=O) groups is 1. The highest BCUT2D eigenvalue weighted by Crippen LogP contribution is 2.30. The Morgan fingerprint density at radius 2 is 1.66 bits per heavy atom. The van der Waals surface area contributed by atoms with Gasteiger partial charge < -0.3 is 15.2 Å². The number of piperidine rings is 1. The van der Waals surface area contributed by atoms with Crippen molar-refractivity contribution in [3.8, 4) is 5.75 Å². The molecule has 0 bridgehead atoms. The number of nitrogens with zero attached hydrogens (tertiary/aromatic N) is 1. The number of likely N-dealkylation sites (tertiary alicyclic amines) is 1. The molecule has 0 atom stereocenters. The summed E-state index contributed by atoms with van der Waals surface area (Å²) in [4.78, 5) is 14.8. The number of rotatable bonds is 6. The minimum atomic E-state index is -3.26. The molecule has 1 amide bonds. The van der Waals surface area contributed by atoms with Crippen LogP contribution in [0.2, 0.25) is 0 Å². The van der Waals surface area contributed by atoms with Crippen LogP contribution in [0.25, 0.3) is 0 Å². The lowest BCUT2D eigenvalue weighted by atomic mass is 9.87.